The molecule has 0 unspecified atom stereocenters. The van der Waals surface area contributed by atoms with Crippen LogP contribution in [0.15, 0.2) is 58.4 Å². The van der Waals surface area contributed by atoms with E-state index in [-0.39, 0.29) is 18.0 Å². The molecule has 0 bridgehead atoms. The van der Waals surface area contributed by atoms with Crippen LogP contribution in [0.2, 0.25) is 5.02 Å². The minimum absolute atomic E-state index is 0.245. The highest BCUT2D eigenvalue weighted by Crippen LogP contribution is 2.37. The Kier molecular flexibility index (Phi) is 6.54. The van der Waals surface area contributed by atoms with Crippen molar-refractivity contribution in [2.24, 2.45) is 0 Å². The first-order valence-electron chi connectivity index (χ1n) is 12.0. The zero-order valence-corrected chi connectivity index (χ0v) is 22.2. The van der Waals surface area contributed by atoms with Gasteiger partial charge in [0.25, 0.3) is 11.5 Å². The highest BCUT2D eigenvalue weighted by Gasteiger charge is 2.41. The molecule has 1 amide bonds. The molecule has 6 rings (SSSR count). The molecule has 0 atom stereocenters. The molecular weight excluding hydrogens is 532 g/mol. The van der Waals surface area contributed by atoms with E-state index in [9.17, 15) is 9.59 Å². The first-order chi connectivity index (χ1) is 17.9. The molecule has 0 radical (unpaired) electrons. The van der Waals surface area contributed by atoms with Crippen LogP contribution in [0.1, 0.15) is 24.0 Å². The minimum atomic E-state index is -0.552. The average molecular weight is 555 g/mol. The van der Waals surface area contributed by atoms with Crippen LogP contribution in [0.4, 0.5) is 5.82 Å². The number of piperidine rings is 1. The van der Waals surface area contributed by atoms with Crippen molar-refractivity contribution in [2.75, 3.05) is 31.2 Å². The third kappa shape index (κ3) is 4.57. The molecule has 11 heteroatoms. The summed E-state index contributed by atoms with van der Waals surface area (Å²) in [5, 5.41) is 0.567. The van der Waals surface area contributed by atoms with Crippen molar-refractivity contribution in [3.8, 4) is 0 Å². The maximum absolute atomic E-state index is 13.7. The quantitative estimate of drug-likeness (QED) is 0.352. The SMILES string of the molecule is O=C1C(=Cc2c(N3CCC4(CC3)OCCO4)nc3ccccn3c2=O)SC(=S)N1Cc1ccccc1Cl. The summed E-state index contributed by atoms with van der Waals surface area (Å²) in [6.07, 6.45) is 4.65. The number of carbonyl (C=O) groups is 1. The van der Waals surface area contributed by atoms with Crippen molar-refractivity contribution >= 4 is 63.3 Å². The number of hydrogen-bond acceptors (Lipinski definition) is 8. The summed E-state index contributed by atoms with van der Waals surface area (Å²) in [5.74, 6) is -0.270. The van der Waals surface area contributed by atoms with Crippen LogP contribution in [-0.2, 0) is 20.8 Å². The Hall–Kier alpha value is -2.76. The Morgan fingerprint density at radius 1 is 1.08 bits per heavy atom. The number of anilines is 1. The maximum Gasteiger partial charge on any atom is 0.267 e. The van der Waals surface area contributed by atoms with Crippen molar-refractivity contribution in [3.63, 3.8) is 0 Å². The molecule has 1 aromatic carbocycles. The summed E-state index contributed by atoms with van der Waals surface area (Å²) < 4.78 is 13.6. The molecular formula is C26H23ClN4O4S2. The van der Waals surface area contributed by atoms with Gasteiger partial charge in [-0.05, 0) is 29.8 Å². The average Bonchev–Trinajstić information content (AvgIpc) is 3.47. The number of halogens is 1. The second kappa shape index (κ2) is 9.85. The van der Waals surface area contributed by atoms with E-state index in [4.69, 9.17) is 38.3 Å². The zero-order valence-electron chi connectivity index (χ0n) is 19.8. The highest BCUT2D eigenvalue weighted by atomic mass is 35.5. The van der Waals surface area contributed by atoms with E-state index in [2.05, 4.69) is 4.90 Å². The molecule has 0 aliphatic carbocycles. The Morgan fingerprint density at radius 3 is 2.57 bits per heavy atom. The number of carbonyl (C=O) groups excluding carboxylic acids is 1. The number of thioether (sulfide) groups is 1. The zero-order chi connectivity index (χ0) is 25.6. The fourth-order valence-corrected chi connectivity index (χ4v) is 6.30. The molecule has 3 aliphatic heterocycles. The monoisotopic (exact) mass is 554 g/mol. The third-order valence-corrected chi connectivity index (χ3v) is 8.57. The number of ether oxygens (including phenoxy) is 2. The van der Waals surface area contributed by atoms with Crippen molar-refractivity contribution in [1.29, 1.82) is 0 Å². The number of rotatable bonds is 4. The molecule has 5 heterocycles. The van der Waals surface area contributed by atoms with Crippen molar-refractivity contribution < 1.29 is 14.3 Å². The minimum Gasteiger partial charge on any atom is -0.355 e. The predicted octanol–water partition coefficient (Wildman–Crippen LogP) is 4.09. The van der Waals surface area contributed by atoms with E-state index >= 15 is 0 Å². The van der Waals surface area contributed by atoms with Gasteiger partial charge in [-0.25, -0.2) is 4.98 Å². The van der Waals surface area contributed by atoms with Gasteiger partial charge in [0.2, 0.25) is 0 Å². The summed E-state index contributed by atoms with van der Waals surface area (Å²) in [4.78, 5) is 35.8. The van der Waals surface area contributed by atoms with Crippen LogP contribution in [0.5, 0.6) is 0 Å². The number of nitrogens with zero attached hydrogens (tertiary/aromatic N) is 4. The number of amides is 1. The Balaban J connectivity index is 1.36. The van der Waals surface area contributed by atoms with Gasteiger partial charge in [-0.15, -0.1) is 0 Å². The van der Waals surface area contributed by atoms with Crippen molar-refractivity contribution in [1.82, 2.24) is 14.3 Å². The van der Waals surface area contributed by atoms with Crippen molar-refractivity contribution in [3.05, 3.63) is 80.1 Å². The molecule has 0 saturated carbocycles. The fraction of sp³-hybridized carbons (Fsp3) is 0.308. The predicted molar refractivity (Wildman–Crippen MR) is 148 cm³/mol. The smallest absolute Gasteiger partial charge is 0.267 e. The van der Waals surface area contributed by atoms with Crippen LogP contribution >= 0.6 is 35.6 Å². The van der Waals surface area contributed by atoms with E-state index in [1.165, 1.54) is 21.1 Å². The first kappa shape index (κ1) is 24.6. The Bertz CT molecular complexity index is 1490. The van der Waals surface area contributed by atoms with Gasteiger partial charge in [0.05, 0.1) is 30.2 Å². The topological polar surface area (TPSA) is 76.4 Å². The molecule has 1 spiro atoms. The molecule has 3 saturated heterocycles. The van der Waals surface area contributed by atoms with Crippen LogP contribution < -0.4 is 10.5 Å². The maximum atomic E-state index is 13.7. The molecule has 37 heavy (non-hydrogen) atoms. The van der Waals surface area contributed by atoms with E-state index in [1.54, 1.807) is 30.5 Å². The van der Waals surface area contributed by atoms with Gasteiger partial charge in [-0.1, -0.05) is 59.8 Å². The van der Waals surface area contributed by atoms with Crippen LogP contribution in [0, 0.1) is 0 Å². The first-order valence-corrected chi connectivity index (χ1v) is 13.6. The van der Waals surface area contributed by atoms with Gasteiger partial charge in [0.15, 0.2) is 5.79 Å². The third-order valence-electron chi connectivity index (χ3n) is 6.82. The van der Waals surface area contributed by atoms with Crippen LogP contribution in [0.3, 0.4) is 0 Å². The summed E-state index contributed by atoms with van der Waals surface area (Å²) in [7, 11) is 0. The number of thiocarbonyl (C=S) groups is 1. The lowest BCUT2D eigenvalue weighted by atomic mass is 10.0. The van der Waals surface area contributed by atoms with Gasteiger partial charge in [-0.3, -0.25) is 18.9 Å². The summed E-state index contributed by atoms with van der Waals surface area (Å²) in [6, 6.07) is 12.8. The molecule has 0 N–H and O–H groups in total. The Morgan fingerprint density at radius 2 is 1.81 bits per heavy atom. The molecule has 2 aromatic heterocycles. The number of fused-ring (bicyclic) bond motifs is 1. The van der Waals surface area contributed by atoms with Crippen LogP contribution in [-0.4, -0.2) is 56.6 Å². The lowest BCUT2D eigenvalue weighted by Gasteiger charge is -2.38. The van der Waals surface area contributed by atoms with Gasteiger partial charge in [-0.2, -0.15) is 0 Å². The molecule has 8 nitrogen and oxygen atoms in total. The number of pyridine rings is 1. The van der Waals surface area contributed by atoms with Gasteiger partial charge in [0.1, 0.15) is 15.8 Å². The van der Waals surface area contributed by atoms with E-state index < -0.39 is 5.79 Å². The van der Waals surface area contributed by atoms with E-state index in [1.807, 2.05) is 24.3 Å². The van der Waals surface area contributed by atoms with Crippen molar-refractivity contribution in [2.45, 2.75) is 25.2 Å². The second-order valence-electron chi connectivity index (χ2n) is 9.04. The largest absolute Gasteiger partial charge is 0.355 e. The van der Waals surface area contributed by atoms with E-state index in [0.717, 1.165) is 5.56 Å². The lowest BCUT2D eigenvalue weighted by Crippen LogP contribution is -2.46. The number of hydrogen-bond donors (Lipinski definition) is 0. The Labute approximate surface area is 227 Å². The highest BCUT2D eigenvalue weighted by molar-refractivity contribution is 8.26. The standard InChI is InChI=1S/C26H23ClN4O4S2/c27-19-6-2-1-5-17(19)16-31-24(33)20(37-25(31)36)15-18-22(28-21-7-3-4-10-30(21)23(18)32)29-11-8-26(9-12-29)34-13-14-35-26/h1-7,10,15H,8-9,11-14,16H2. The van der Waals surface area contributed by atoms with Gasteiger partial charge < -0.3 is 14.4 Å². The summed E-state index contributed by atoms with van der Waals surface area (Å²) in [6.45, 7) is 2.68. The fourth-order valence-electron chi connectivity index (χ4n) is 4.87. The second-order valence-corrected chi connectivity index (χ2v) is 11.1. The lowest BCUT2D eigenvalue weighted by molar-refractivity contribution is -0.169. The summed E-state index contributed by atoms with van der Waals surface area (Å²) >= 11 is 13.0. The summed E-state index contributed by atoms with van der Waals surface area (Å²) in [5.41, 5.74) is 1.45. The number of aromatic nitrogens is 2. The normalized spacial score (nSPS) is 20.6. The molecule has 3 fully saturated rings. The molecule has 3 aromatic rings. The number of benzene rings is 1. The van der Waals surface area contributed by atoms with E-state index in [0.29, 0.717) is 70.4 Å². The molecule has 3 aliphatic rings. The van der Waals surface area contributed by atoms with Gasteiger partial charge >= 0.3 is 0 Å². The van der Waals surface area contributed by atoms with Crippen LogP contribution in [0.25, 0.3) is 11.7 Å². The molecule has 190 valence electrons. The van der Waals surface area contributed by atoms with Gasteiger partial charge in [0, 0.05) is 37.2 Å².